The van der Waals surface area contributed by atoms with Crippen molar-refractivity contribution in [1.29, 1.82) is 0 Å². The lowest BCUT2D eigenvalue weighted by Crippen LogP contribution is -2.26. The summed E-state index contributed by atoms with van der Waals surface area (Å²) in [6.45, 7) is 3.22. The monoisotopic (exact) mass is 478 g/mol. The van der Waals surface area contributed by atoms with Crippen LogP contribution in [0.4, 0.5) is 5.69 Å². The van der Waals surface area contributed by atoms with Crippen molar-refractivity contribution in [1.82, 2.24) is 5.32 Å². The zero-order valence-corrected chi connectivity index (χ0v) is 20.1. The zero-order chi connectivity index (χ0) is 24.0. The molecule has 7 heteroatoms. The summed E-state index contributed by atoms with van der Waals surface area (Å²) in [7, 11) is 0. The van der Waals surface area contributed by atoms with E-state index in [0.29, 0.717) is 25.5 Å². The predicted molar refractivity (Wildman–Crippen MR) is 136 cm³/mol. The van der Waals surface area contributed by atoms with Gasteiger partial charge in [0.05, 0.1) is 12.4 Å². The van der Waals surface area contributed by atoms with E-state index in [1.165, 1.54) is 18.7 Å². The predicted octanol–water partition coefficient (Wildman–Crippen LogP) is 5.29. The van der Waals surface area contributed by atoms with Crippen LogP contribution in [-0.2, 0) is 16.2 Å². The van der Waals surface area contributed by atoms with E-state index < -0.39 is 0 Å². The molecule has 0 saturated heterocycles. The fourth-order valence-corrected chi connectivity index (χ4v) is 3.78. The summed E-state index contributed by atoms with van der Waals surface area (Å²) < 4.78 is 11.6. The van der Waals surface area contributed by atoms with E-state index in [4.69, 9.17) is 9.47 Å². The Morgan fingerprint density at radius 3 is 2.18 bits per heavy atom. The number of rotatable bonds is 13. The molecule has 2 amide bonds. The van der Waals surface area contributed by atoms with Gasteiger partial charge < -0.3 is 20.1 Å². The van der Waals surface area contributed by atoms with Gasteiger partial charge in [0.2, 0.25) is 11.8 Å². The standard InChI is InChI=1S/C27H30N2O4S/c1-21(30)29-23-9-15-26(16-10-23)34-20-27(31)28-17-5-6-18-32-24-11-13-25(14-12-24)33-19-22-7-3-2-4-8-22/h2-4,7-16H,5-6,17-20H2,1H3,(H,28,31)(H,29,30). The normalized spacial score (nSPS) is 10.4. The third-order valence-corrected chi connectivity index (χ3v) is 5.79. The molecule has 0 bridgehead atoms. The third kappa shape index (κ3) is 9.58. The fourth-order valence-electron chi connectivity index (χ4n) is 3.06. The quantitative estimate of drug-likeness (QED) is 0.258. The van der Waals surface area contributed by atoms with Gasteiger partial charge in [0, 0.05) is 24.1 Å². The third-order valence-electron chi connectivity index (χ3n) is 4.78. The SMILES string of the molecule is CC(=O)Nc1ccc(SCC(=O)NCCCCOc2ccc(OCc3ccccc3)cc2)cc1. The molecule has 0 fully saturated rings. The molecule has 0 unspecified atom stereocenters. The Bertz CT molecular complexity index is 1020. The van der Waals surface area contributed by atoms with E-state index in [1.54, 1.807) is 0 Å². The summed E-state index contributed by atoms with van der Waals surface area (Å²) in [6, 6.07) is 25.1. The lowest BCUT2D eigenvalue weighted by atomic mass is 10.2. The fraction of sp³-hybridized carbons (Fsp3) is 0.259. The first-order valence-electron chi connectivity index (χ1n) is 11.3. The lowest BCUT2D eigenvalue weighted by Gasteiger charge is -2.09. The average molecular weight is 479 g/mol. The van der Waals surface area contributed by atoms with Gasteiger partial charge in [-0.1, -0.05) is 30.3 Å². The van der Waals surface area contributed by atoms with E-state index >= 15 is 0 Å². The van der Waals surface area contributed by atoms with Gasteiger partial charge in [-0.15, -0.1) is 11.8 Å². The minimum absolute atomic E-state index is 0.00273. The number of hydrogen-bond acceptors (Lipinski definition) is 5. The Labute approximate surface area is 205 Å². The maximum absolute atomic E-state index is 12.0. The number of ether oxygens (including phenoxy) is 2. The molecule has 3 aromatic rings. The Morgan fingerprint density at radius 2 is 1.50 bits per heavy atom. The number of thioether (sulfide) groups is 1. The molecule has 0 heterocycles. The minimum atomic E-state index is -0.104. The Balaban J connectivity index is 1.23. The van der Waals surface area contributed by atoms with Gasteiger partial charge in [0.15, 0.2) is 0 Å². The van der Waals surface area contributed by atoms with Crippen molar-refractivity contribution >= 4 is 29.3 Å². The maximum Gasteiger partial charge on any atom is 0.230 e. The molecule has 178 valence electrons. The Kier molecular flexibility index (Phi) is 10.3. The summed E-state index contributed by atoms with van der Waals surface area (Å²) in [5, 5.41) is 5.66. The molecule has 0 aromatic heterocycles. The molecule has 34 heavy (non-hydrogen) atoms. The van der Waals surface area contributed by atoms with E-state index in [9.17, 15) is 9.59 Å². The van der Waals surface area contributed by atoms with Gasteiger partial charge in [-0.05, 0) is 66.9 Å². The van der Waals surface area contributed by atoms with Crippen LogP contribution in [0.1, 0.15) is 25.3 Å². The first kappa shape index (κ1) is 25.2. The molecular formula is C27H30N2O4S. The highest BCUT2D eigenvalue weighted by Gasteiger charge is 2.04. The summed E-state index contributed by atoms with van der Waals surface area (Å²) in [5.41, 5.74) is 1.88. The van der Waals surface area contributed by atoms with Crippen molar-refractivity contribution in [2.24, 2.45) is 0 Å². The second kappa shape index (κ2) is 14.0. The van der Waals surface area contributed by atoms with Gasteiger partial charge >= 0.3 is 0 Å². The van der Waals surface area contributed by atoms with Crippen molar-refractivity contribution in [2.45, 2.75) is 31.3 Å². The topological polar surface area (TPSA) is 76.7 Å². The van der Waals surface area contributed by atoms with Crippen LogP contribution in [-0.4, -0.2) is 30.7 Å². The van der Waals surface area contributed by atoms with Crippen LogP contribution >= 0.6 is 11.8 Å². The Hall–Kier alpha value is -3.45. The van der Waals surface area contributed by atoms with Crippen molar-refractivity contribution < 1.29 is 19.1 Å². The largest absolute Gasteiger partial charge is 0.494 e. The van der Waals surface area contributed by atoms with Crippen LogP contribution in [0.25, 0.3) is 0 Å². The minimum Gasteiger partial charge on any atom is -0.494 e. The highest BCUT2D eigenvalue weighted by atomic mass is 32.2. The average Bonchev–Trinajstić information content (AvgIpc) is 2.85. The van der Waals surface area contributed by atoms with E-state index in [2.05, 4.69) is 10.6 Å². The molecule has 0 radical (unpaired) electrons. The van der Waals surface area contributed by atoms with Crippen molar-refractivity contribution in [3.05, 3.63) is 84.4 Å². The summed E-state index contributed by atoms with van der Waals surface area (Å²) >= 11 is 1.47. The first-order chi connectivity index (χ1) is 16.6. The molecule has 6 nitrogen and oxygen atoms in total. The molecule has 0 aliphatic rings. The number of carbonyl (C=O) groups excluding carboxylic acids is 2. The molecule has 3 rings (SSSR count). The van der Waals surface area contributed by atoms with E-state index in [1.807, 2.05) is 78.9 Å². The molecule has 0 saturated carbocycles. The van der Waals surface area contributed by atoms with Crippen molar-refractivity contribution in [2.75, 3.05) is 24.2 Å². The molecule has 0 atom stereocenters. The van der Waals surface area contributed by atoms with Crippen LogP contribution in [0.3, 0.4) is 0 Å². The number of amides is 2. The van der Waals surface area contributed by atoms with E-state index in [-0.39, 0.29) is 11.8 Å². The van der Waals surface area contributed by atoms with Gasteiger partial charge in [0.25, 0.3) is 0 Å². The highest BCUT2D eigenvalue weighted by Crippen LogP contribution is 2.20. The molecule has 0 aliphatic heterocycles. The number of unbranched alkanes of at least 4 members (excludes halogenated alkanes) is 1. The first-order valence-corrected chi connectivity index (χ1v) is 12.2. The summed E-state index contributed by atoms with van der Waals surface area (Å²) in [5.74, 6) is 1.86. The lowest BCUT2D eigenvalue weighted by molar-refractivity contribution is -0.118. The molecule has 2 N–H and O–H groups in total. The van der Waals surface area contributed by atoms with Crippen LogP contribution in [0.15, 0.2) is 83.8 Å². The molecular weight excluding hydrogens is 448 g/mol. The van der Waals surface area contributed by atoms with Crippen molar-refractivity contribution in [3.63, 3.8) is 0 Å². The van der Waals surface area contributed by atoms with Gasteiger partial charge in [0.1, 0.15) is 18.1 Å². The highest BCUT2D eigenvalue weighted by molar-refractivity contribution is 8.00. The van der Waals surface area contributed by atoms with Crippen LogP contribution in [0.5, 0.6) is 11.5 Å². The number of benzene rings is 3. The number of anilines is 1. The Morgan fingerprint density at radius 1 is 0.824 bits per heavy atom. The van der Waals surface area contributed by atoms with E-state index in [0.717, 1.165) is 40.5 Å². The summed E-state index contributed by atoms with van der Waals surface area (Å²) in [6.07, 6.45) is 1.70. The van der Waals surface area contributed by atoms with Crippen molar-refractivity contribution in [3.8, 4) is 11.5 Å². The van der Waals surface area contributed by atoms with Crippen LogP contribution < -0.4 is 20.1 Å². The van der Waals surface area contributed by atoms with Gasteiger partial charge in [-0.3, -0.25) is 9.59 Å². The maximum atomic E-state index is 12.0. The molecule has 3 aromatic carbocycles. The number of hydrogen-bond donors (Lipinski definition) is 2. The van der Waals surface area contributed by atoms with Gasteiger partial charge in [-0.25, -0.2) is 0 Å². The molecule has 0 aliphatic carbocycles. The van der Waals surface area contributed by atoms with Crippen LogP contribution in [0.2, 0.25) is 0 Å². The summed E-state index contributed by atoms with van der Waals surface area (Å²) in [4.78, 5) is 24.1. The second-order valence-corrected chi connectivity index (χ2v) is 8.69. The second-order valence-electron chi connectivity index (χ2n) is 7.65. The number of carbonyl (C=O) groups is 2. The smallest absolute Gasteiger partial charge is 0.230 e. The van der Waals surface area contributed by atoms with Gasteiger partial charge in [-0.2, -0.15) is 0 Å². The molecule has 0 spiro atoms. The zero-order valence-electron chi connectivity index (χ0n) is 19.3. The number of nitrogens with one attached hydrogen (secondary N) is 2. The van der Waals surface area contributed by atoms with Crippen LogP contribution in [0, 0.1) is 0 Å².